The molecule has 0 spiro atoms. The minimum absolute atomic E-state index is 0.296. The molecule has 3 rings (SSSR count). The van der Waals surface area contributed by atoms with Crippen molar-refractivity contribution >= 4 is 0 Å². The smallest absolute Gasteiger partial charge is 0.132 e. The molecule has 4 nitrogen and oxygen atoms in total. The van der Waals surface area contributed by atoms with Crippen LogP contribution < -0.4 is 0 Å². The molecule has 24 heavy (non-hydrogen) atoms. The maximum absolute atomic E-state index is 13.8. The zero-order valence-corrected chi connectivity index (χ0v) is 13.8. The fraction of sp³-hybridized carbons (Fsp3) is 0.400. The lowest BCUT2D eigenvalue weighted by atomic mass is 9.88. The Balaban J connectivity index is 1.90. The van der Waals surface area contributed by atoms with Gasteiger partial charge in [0.25, 0.3) is 0 Å². The van der Waals surface area contributed by atoms with E-state index in [4.69, 9.17) is 0 Å². The molecule has 0 saturated heterocycles. The highest BCUT2D eigenvalue weighted by Crippen LogP contribution is 2.32. The Hall–Kier alpha value is -1.72. The van der Waals surface area contributed by atoms with Crippen LogP contribution in [0, 0.1) is 5.21 Å². The molecule has 0 amide bonds. The first kappa shape index (κ1) is 17.1. The predicted octanol–water partition coefficient (Wildman–Crippen LogP) is 2.98. The van der Waals surface area contributed by atoms with Crippen molar-refractivity contribution in [3.63, 3.8) is 0 Å². The number of hydroxylamine groups is 3. The minimum atomic E-state index is -0.969. The number of quaternary nitrogens is 1. The number of hydrogen-bond acceptors (Lipinski definition) is 3. The van der Waals surface area contributed by atoms with Gasteiger partial charge in [-0.25, -0.2) is 0 Å². The first-order chi connectivity index (χ1) is 11.6. The summed E-state index contributed by atoms with van der Waals surface area (Å²) in [5.41, 5.74) is 1.91. The monoisotopic (exact) mass is 327 g/mol. The summed E-state index contributed by atoms with van der Waals surface area (Å²) < 4.78 is -0.535. The average molecular weight is 327 g/mol. The fourth-order valence-electron chi connectivity index (χ4n) is 3.72. The molecule has 2 aromatic carbocycles. The van der Waals surface area contributed by atoms with Crippen LogP contribution in [0.3, 0.4) is 0 Å². The molecule has 0 heterocycles. The molecule has 0 aromatic heterocycles. The van der Waals surface area contributed by atoms with E-state index in [9.17, 15) is 15.4 Å². The second-order valence-electron chi connectivity index (χ2n) is 6.80. The van der Waals surface area contributed by atoms with Gasteiger partial charge in [-0.3, -0.25) is 0 Å². The number of hydrogen-bond donors (Lipinski definition) is 2. The van der Waals surface area contributed by atoms with Gasteiger partial charge in [0.15, 0.2) is 0 Å². The van der Waals surface area contributed by atoms with E-state index in [0.717, 1.165) is 17.5 Å². The van der Waals surface area contributed by atoms with Crippen LogP contribution in [-0.4, -0.2) is 33.1 Å². The summed E-state index contributed by atoms with van der Waals surface area (Å²) in [6, 6.07) is 18.8. The molecule has 2 N–H and O–H groups in total. The zero-order chi connectivity index (χ0) is 17.0. The Morgan fingerprint density at radius 1 is 0.833 bits per heavy atom. The van der Waals surface area contributed by atoms with Gasteiger partial charge in [0.05, 0.1) is 6.10 Å². The summed E-state index contributed by atoms with van der Waals surface area (Å²) in [5.74, 6) is 0. The maximum Gasteiger partial charge on any atom is 0.132 e. The number of benzene rings is 2. The molecule has 0 unspecified atom stereocenters. The zero-order valence-electron chi connectivity index (χ0n) is 13.8. The Kier molecular flexibility index (Phi) is 5.31. The minimum Gasteiger partial charge on any atom is -0.632 e. The van der Waals surface area contributed by atoms with Crippen LogP contribution in [0.2, 0.25) is 0 Å². The van der Waals surface area contributed by atoms with Gasteiger partial charge in [0.1, 0.15) is 25.2 Å². The fourth-order valence-corrected chi connectivity index (χ4v) is 3.72. The Morgan fingerprint density at radius 3 is 1.83 bits per heavy atom. The van der Waals surface area contributed by atoms with E-state index >= 15 is 0 Å². The lowest BCUT2D eigenvalue weighted by molar-refractivity contribution is -0.936. The maximum atomic E-state index is 13.8. The first-order valence-electron chi connectivity index (χ1n) is 8.60. The van der Waals surface area contributed by atoms with E-state index < -0.39 is 22.9 Å². The van der Waals surface area contributed by atoms with Crippen LogP contribution in [0.25, 0.3) is 0 Å². The standard InChI is InChI=1S/C20H25NO3/c22-19-13-7-12-18(20(19)23)21(24,14-16-8-3-1-4-9-16)15-17-10-5-2-6-11-17/h1-6,8-11,18-20,22-23H,7,12-15H2/t18-,19-,20-/m1/s1. The second kappa shape index (κ2) is 7.45. The van der Waals surface area contributed by atoms with Crippen molar-refractivity contribution in [3.8, 4) is 0 Å². The predicted molar refractivity (Wildman–Crippen MR) is 93.6 cm³/mol. The molecular weight excluding hydrogens is 302 g/mol. The van der Waals surface area contributed by atoms with Gasteiger partial charge in [0.2, 0.25) is 0 Å². The van der Waals surface area contributed by atoms with E-state index in [1.54, 1.807) is 0 Å². The normalized spacial score (nSPS) is 24.7. The topological polar surface area (TPSA) is 63.5 Å². The molecule has 1 saturated carbocycles. The van der Waals surface area contributed by atoms with Gasteiger partial charge in [-0.15, -0.1) is 0 Å². The van der Waals surface area contributed by atoms with Gasteiger partial charge >= 0.3 is 0 Å². The van der Waals surface area contributed by atoms with Crippen molar-refractivity contribution in [3.05, 3.63) is 77.0 Å². The van der Waals surface area contributed by atoms with Gasteiger partial charge in [-0.2, -0.15) is 0 Å². The van der Waals surface area contributed by atoms with E-state index in [1.165, 1.54) is 0 Å². The number of rotatable bonds is 5. The van der Waals surface area contributed by atoms with Crippen LogP contribution in [0.4, 0.5) is 0 Å². The van der Waals surface area contributed by atoms with E-state index in [0.29, 0.717) is 25.9 Å². The molecule has 1 aliphatic carbocycles. The molecule has 1 aliphatic rings. The summed E-state index contributed by atoms with van der Waals surface area (Å²) in [6.07, 6.45) is 0.204. The van der Waals surface area contributed by atoms with Crippen LogP contribution in [0.15, 0.2) is 60.7 Å². The van der Waals surface area contributed by atoms with E-state index in [2.05, 4.69) is 0 Å². The largest absolute Gasteiger partial charge is 0.632 e. The van der Waals surface area contributed by atoms with Crippen molar-refractivity contribution in [2.75, 3.05) is 0 Å². The van der Waals surface area contributed by atoms with Crippen LogP contribution in [-0.2, 0) is 13.1 Å². The van der Waals surface area contributed by atoms with E-state index in [-0.39, 0.29) is 0 Å². The van der Waals surface area contributed by atoms with Gasteiger partial charge in [-0.05, 0) is 12.8 Å². The third-order valence-corrected chi connectivity index (χ3v) is 4.98. The molecule has 0 radical (unpaired) electrons. The van der Waals surface area contributed by atoms with Crippen LogP contribution >= 0.6 is 0 Å². The molecule has 128 valence electrons. The summed E-state index contributed by atoms with van der Waals surface area (Å²) >= 11 is 0. The summed E-state index contributed by atoms with van der Waals surface area (Å²) in [5, 5.41) is 34.3. The Bertz CT molecular complexity index is 590. The second-order valence-corrected chi connectivity index (χ2v) is 6.80. The first-order valence-corrected chi connectivity index (χ1v) is 8.60. The lowest BCUT2D eigenvalue weighted by Crippen LogP contribution is -2.59. The summed E-state index contributed by atoms with van der Waals surface area (Å²) in [6.45, 7) is 0.592. The number of aliphatic hydroxyl groups excluding tert-OH is 2. The average Bonchev–Trinajstić information content (AvgIpc) is 2.59. The molecule has 3 atom stereocenters. The highest BCUT2D eigenvalue weighted by molar-refractivity contribution is 5.16. The van der Waals surface area contributed by atoms with Crippen molar-refractivity contribution < 1.29 is 14.9 Å². The van der Waals surface area contributed by atoms with Gasteiger partial charge in [-0.1, -0.05) is 60.7 Å². The Morgan fingerprint density at radius 2 is 1.33 bits per heavy atom. The summed E-state index contributed by atoms with van der Waals surface area (Å²) in [7, 11) is 0. The third kappa shape index (κ3) is 3.84. The number of aliphatic hydroxyl groups is 2. The molecular formula is C20H25NO3. The molecule has 0 bridgehead atoms. The lowest BCUT2D eigenvalue weighted by Gasteiger charge is -2.52. The van der Waals surface area contributed by atoms with Crippen molar-refractivity contribution in [1.29, 1.82) is 0 Å². The summed E-state index contributed by atoms with van der Waals surface area (Å²) in [4.78, 5) is 0. The highest BCUT2D eigenvalue weighted by atomic mass is 16.6. The van der Waals surface area contributed by atoms with Gasteiger partial charge < -0.3 is 20.1 Å². The SMILES string of the molecule is [O-][N+](Cc1ccccc1)(Cc1ccccc1)[C@@H]1CCC[C@@H](O)[C@@H]1O. The molecule has 4 heteroatoms. The molecule has 1 fully saturated rings. The quantitative estimate of drug-likeness (QED) is 0.655. The third-order valence-electron chi connectivity index (χ3n) is 4.98. The van der Waals surface area contributed by atoms with Gasteiger partial charge in [0, 0.05) is 17.5 Å². The van der Waals surface area contributed by atoms with Crippen molar-refractivity contribution in [2.45, 2.75) is 50.6 Å². The molecule has 0 aliphatic heterocycles. The Labute approximate surface area is 143 Å². The highest BCUT2D eigenvalue weighted by Gasteiger charge is 2.41. The molecule has 2 aromatic rings. The van der Waals surface area contributed by atoms with Crippen LogP contribution in [0.1, 0.15) is 30.4 Å². The van der Waals surface area contributed by atoms with Crippen molar-refractivity contribution in [2.24, 2.45) is 0 Å². The van der Waals surface area contributed by atoms with Crippen molar-refractivity contribution in [1.82, 2.24) is 0 Å². The van der Waals surface area contributed by atoms with Crippen LogP contribution in [0.5, 0.6) is 0 Å². The van der Waals surface area contributed by atoms with E-state index in [1.807, 2.05) is 60.7 Å². The number of nitrogens with zero attached hydrogens (tertiary/aromatic N) is 1.